The Morgan fingerprint density at radius 1 is 1.65 bits per heavy atom. The number of aromatic nitrogens is 1. The second kappa shape index (κ2) is 6.37. The molecule has 1 heterocycles. The van der Waals surface area contributed by atoms with Gasteiger partial charge in [0, 0.05) is 5.88 Å². The molecule has 2 N–H and O–H groups in total. The van der Waals surface area contributed by atoms with Crippen LogP contribution in [0.3, 0.4) is 0 Å². The van der Waals surface area contributed by atoms with Crippen LogP contribution in [-0.2, 0) is 11.3 Å². The van der Waals surface area contributed by atoms with E-state index >= 15 is 0 Å². The highest BCUT2D eigenvalue weighted by atomic mass is 35.5. The van der Waals surface area contributed by atoms with Gasteiger partial charge < -0.3 is 10.2 Å². The molecule has 0 saturated carbocycles. The van der Waals surface area contributed by atoms with Crippen LogP contribution in [0.15, 0.2) is 0 Å². The van der Waals surface area contributed by atoms with E-state index in [1.54, 1.807) is 0 Å². The molecule has 0 radical (unpaired) electrons. The second-order valence-electron chi connectivity index (χ2n) is 3.77. The fraction of sp³-hybridized carbons (Fsp3) is 0.600. The number of nitrogens with zero attached hydrogens (tertiary/aromatic N) is 1. The predicted molar refractivity (Wildman–Crippen MR) is 70.8 cm³/mol. The summed E-state index contributed by atoms with van der Waals surface area (Å²) in [5, 5.41) is 18.7. The van der Waals surface area contributed by atoms with Crippen LogP contribution in [0.25, 0.3) is 0 Å². The second-order valence-corrected chi connectivity index (χ2v) is 5.82. The third-order valence-corrected chi connectivity index (χ3v) is 4.34. The van der Waals surface area contributed by atoms with E-state index in [0.717, 1.165) is 17.7 Å². The summed E-state index contributed by atoms with van der Waals surface area (Å²) in [6.45, 7) is 1.67. The third-order valence-electron chi connectivity index (χ3n) is 2.41. The first kappa shape index (κ1) is 14.5. The molecule has 0 fully saturated rings. The molecule has 1 rings (SSSR count). The van der Waals surface area contributed by atoms with E-state index in [1.165, 1.54) is 15.9 Å². The number of carbonyl (C=O) groups is 1. The van der Waals surface area contributed by atoms with Crippen LogP contribution in [0.2, 0.25) is 0 Å². The maximum Gasteiger partial charge on any atom is 0.323 e. The fourth-order valence-electron chi connectivity index (χ4n) is 1.52. The van der Waals surface area contributed by atoms with Gasteiger partial charge in [0.2, 0.25) is 5.88 Å². The molecular weight excluding hydrogens is 282 g/mol. The Balaban J connectivity index is 2.95. The van der Waals surface area contributed by atoms with Crippen molar-refractivity contribution in [2.45, 2.75) is 32.2 Å². The molecule has 0 aromatic carbocycles. The minimum Gasteiger partial charge on any atom is -0.494 e. The molecule has 1 aromatic heterocycles. The summed E-state index contributed by atoms with van der Waals surface area (Å²) in [6, 6.07) is 0. The molecule has 0 saturated heterocycles. The number of carboxylic acids is 1. The fourth-order valence-corrected chi connectivity index (χ4v) is 3.07. The number of alkyl halides is 1. The average molecular weight is 296 g/mol. The van der Waals surface area contributed by atoms with Crippen molar-refractivity contribution in [1.29, 1.82) is 0 Å². The SMILES string of the molecule is CC(CCCCl)c1sc(=S)n(CC(=O)O)c1O. The molecule has 1 atom stereocenters. The summed E-state index contributed by atoms with van der Waals surface area (Å²) in [7, 11) is 0. The normalized spacial score (nSPS) is 12.6. The number of carboxylic acid groups (broad SMARTS) is 1. The van der Waals surface area contributed by atoms with E-state index in [-0.39, 0.29) is 18.3 Å². The van der Waals surface area contributed by atoms with Gasteiger partial charge in [-0.05, 0) is 31.0 Å². The predicted octanol–water partition coefficient (Wildman–Crippen LogP) is 3.19. The molecule has 17 heavy (non-hydrogen) atoms. The molecule has 0 aliphatic heterocycles. The van der Waals surface area contributed by atoms with Gasteiger partial charge in [-0.1, -0.05) is 6.92 Å². The smallest absolute Gasteiger partial charge is 0.323 e. The monoisotopic (exact) mass is 295 g/mol. The van der Waals surface area contributed by atoms with Crippen molar-refractivity contribution in [2.75, 3.05) is 5.88 Å². The Kier molecular flexibility index (Phi) is 5.42. The van der Waals surface area contributed by atoms with E-state index < -0.39 is 5.97 Å². The lowest BCUT2D eigenvalue weighted by molar-refractivity contribution is -0.137. The van der Waals surface area contributed by atoms with Gasteiger partial charge >= 0.3 is 5.97 Å². The summed E-state index contributed by atoms with van der Waals surface area (Å²) < 4.78 is 1.63. The topological polar surface area (TPSA) is 62.5 Å². The van der Waals surface area contributed by atoms with Crippen molar-refractivity contribution in [3.8, 4) is 5.88 Å². The zero-order chi connectivity index (χ0) is 13.0. The van der Waals surface area contributed by atoms with Gasteiger partial charge in [0.1, 0.15) is 6.54 Å². The van der Waals surface area contributed by atoms with E-state index in [2.05, 4.69) is 0 Å². The number of aliphatic carboxylic acids is 1. The standard InChI is InChI=1S/C10H14ClNO3S2/c1-6(3-2-4-11)8-9(15)12(5-7(13)14)10(16)17-8/h6,15H,2-5H2,1H3,(H,13,14). The molecule has 96 valence electrons. The summed E-state index contributed by atoms with van der Waals surface area (Å²) >= 11 is 11.9. The summed E-state index contributed by atoms with van der Waals surface area (Å²) in [5.41, 5.74) is 0. The van der Waals surface area contributed by atoms with Crippen LogP contribution in [0.4, 0.5) is 0 Å². The van der Waals surface area contributed by atoms with Crippen molar-refractivity contribution < 1.29 is 15.0 Å². The first-order chi connectivity index (χ1) is 7.97. The Morgan fingerprint density at radius 2 is 2.29 bits per heavy atom. The zero-order valence-electron chi connectivity index (χ0n) is 9.35. The van der Waals surface area contributed by atoms with Gasteiger partial charge in [0.05, 0.1) is 4.88 Å². The highest BCUT2D eigenvalue weighted by molar-refractivity contribution is 7.73. The third kappa shape index (κ3) is 3.69. The minimum absolute atomic E-state index is 0.0236. The van der Waals surface area contributed by atoms with Crippen LogP contribution in [-0.4, -0.2) is 26.6 Å². The lowest BCUT2D eigenvalue weighted by Crippen LogP contribution is -2.08. The number of halogens is 1. The van der Waals surface area contributed by atoms with Crippen molar-refractivity contribution in [2.24, 2.45) is 0 Å². The van der Waals surface area contributed by atoms with Crippen LogP contribution < -0.4 is 0 Å². The molecule has 0 spiro atoms. The lowest BCUT2D eigenvalue weighted by Gasteiger charge is -2.08. The minimum atomic E-state index is -1.02. The van der Waals surface area contributed by atoms with Gasteiger partial charge in [-0.2, -0.15) is 0 Å². The largest absolute Gasteiger partial charge is 0.494 e. The highest BCUT2D eigenvalue weighted by Crippen LogP contribution is 2.35. The van der Waals surface area contributed by atoms with Crippen LogP contribution in [0.5, 0.6) is 5.88 Å². The van der Waals surface area contributed by atoms with Crippen LogP contribution in [0, 0.1) is 3.95 Å². The summed E-state index contributed by atoms with van der Waals surface area (Å²) in [6.07, 6.45) is 1.70. The molecule has 0 aliphatic rings. The van der Waals surface area contributed by atoms with Crippen molar-refractivity contribution in [3.63, 3.8) is 0 Å². The quantitative estimate of drug-likeness (QED) is 0.625. The maximum atomic E-state index is 10.6. The number of thiazole rings is 1. The molecule has 7 heteroatoms. The molecule has 0 bridgehead atoms. The lowest BCUT2D eigenvalue weighted by atomic mass is 10.1. The Hall–Kier alpha value is -0.590. The van der Waals surface area contributed by atoms with Crippen molar-refractivity contribution in [1.82, 2.24) is 4.57 Å². The van der Waals surface area contributed by atoms with Gasteiger partial charge in [0.25, 0.3) is 0 Å². The Morgan fingerprint density at radius 3 is 2.82 bits per heavy atom. The number of rotatable bonds is 6. The maximum absolute atomic E-state index is 10.6. The first-order valence-electron chi connectivity index (χ1n) is 5.17. The molecule has 0 amide bonds. The highest BCUT2D eigenvalue weighted by Gasteiger charge is 2.18. The molecule has 4 nitrogen and oxygen atoms in total. The average Bonchev–Trinajstić information content (AvgIpc) is 2.53. The van der Waals surface area contributed by atoms with Gasteiger partial charge in [-0.3, -0.25) is 9.36 Å². The van der Waals surface area contributed by atoms with Gasteiger partial charge in [-0.15, -0.1) is 22.9 Å². The van der Waals surface area contributed by atoms with E-state index in [9.17, 15) is 9.90 Å². The molecule has 1 aromatic rings. The number of hydrogen-bond acceptors (Lipinski definition) is 4. The van der Waals surface area contributed by atoms with Crippen molar-refractivity contribution in [3.05, 3.63) is 8.83 Å². The molecule has 0 aliphatic carbocycles. The van der Waals surface area contributed by atoms with E-state index in [1.807, 2.05) is 6.92 Å². The Labute approximate surface area is 113 Å². The van der Waals surface area contributed by atoms with Gasteiger partial charge in [-0.25, -0.2) is 0 Å². The molecular formula is C10H14ClNO3S2. The molecule has 1 unspecified atom stereocenters. The summed E-state index contributed by atoms with van der Waals surface area (Å²) in [4.78, 5) is 11.4. The van der Waals surface area contributed by atoms with E-state index in [0.29, 0.717) is 9.83 Å². The Bertz CT molecular complexity index is 455. The van der Waals surface area contributed by atoms with Crippen molar-refractivity contribution >= 4 is 41.1 Å². The van der Waals surface area contributed by atoms with Gasteiger partial charge in [0.15, 0.2) is 3.95 Å². The number of hydrogen-bond donors (Lipinski definition) is 2. The zero-order valence-corrected chi connectivity index (χ0v) is 11.7. The van der Waals surface area contributed by atoms with E-state index in [4.69, 9.17) is 28.9 Å². The van der Waals surface area contributed by atoms with Crippen LogP contribution >= 0.6 is 35.2 Å². The summed E-state index contributed by atoms with van der Waals surface area (Å²) in [5.74, 6) is -0.332. The van der Waals surface area contributed by atoms with Crippen LogP contribution in [0.1, 0.15) is 30.6 Å². The number of aromatic hydroxyl groups is 1. The first-order valence-corrected chi connectivity index (χ1v) is 6.93.